The molecule has 2 aliphatic rings. The quantitative estimate of drug-likeness (QED) is 0.720. The van der Waals surface area contributed by atoms with Crippen molar-refractivity contribution in [3.63, 3.8) is 0 Å². The molecule has 94 valence electrons. The molecule has 0 amide bonds. The third kappa shape index (κ3) is 2.98. The topological polar surface area (TPSA) is 29.3 Å². The van der Waals surface area contributed by atoms with E-state index in [2.05, 4.69) is 25.7 Å². The van der Waals surface area contributed by atoms with E-state index in [1.165, 1.54) is 38.6 Å². The summed E-state index contributed by atoms with van der Waals surface area (Å²) in [5.41, 5.74) is 6.32. The molecule has 0 spiro atoms. The first-order chi connectivity index (χ1) is 7.55. The molecule has 0 aromatic heterocycles. The molecule has 16 heavy (non-hydrogen) atoms. The summed E-state index contributed by atoms with van der Waals surface area (Å²) < 4.78 is 0. The van der Waals surface area contributed by atoms with Gasteiger partial charge in [0.15, 0.2) is 0 Å². The lowest BCUT2D eigenvalue weighted by Crippen LogP contribution is -2.54. The van der Waals surface area contributed by atoms with Gasteiger partial charge in [0.25, 0.3) is 0 Å². The Morgan fingerprint density at radius 3 is 2.25 bits per heavy atom. The minimum Gasteiger partial charge on any atom is -0.329 e. The molecule has 0 heterocycles. The normalized spacial score (nSPS) is 25.1. The summed E-state index contributed by atoms with van der Waals surface area (Å²) in [6.45, 7) is 9.14. The predicted molar refractivity (Wildman–Crippen MR) is 69.4 cm³/mol. The zero-order chi connectivity index (χ0) is 11.8. The molecular formula is C14H28N2. The van der Waals surface area contributed by atoms with Gasteiger partial charge in [0.2, 0.25) is 0 Å². The molecule has 1 atom stereocenters. The summed E-state index contributed by atoms with van der Waals surface area (Å²) in [4.78, 5) is 2.75. The highest BCUT2D eigenvalue weighted by Gasteiger charge is 2.42. The van der Waals surface area contributed by atoms with Crippen LogP contribution in [-0.2, 0) is 0 Å². The number of hydrogen-bond donors (Lipinski definition) is 1. The molecule has 2 saturated carbocycles. The second-order valence-corrected chi connectivity index (χ2v) is 6.63. The fourth-order valence-electron chi connectivity index (χ4n) is 2.97. The van der Waals surface area contributed by atoms with Crippen LogP contribution in [0.5, 0.6) is 0 Å². The van der Waals surface area contributed by atoms with Gasteiger partial charge in [0.1, 0.15) is 0 Å². The highest BCUT2D eigenvalue weighted by Crippen LogP contribution is 2.40. The van der Waals surface area contributed by atoms with Gasteiger partial charge >= 0.3 is 0 Å². The van der Waals surface area contributed by atoms with E-state index in [4.69, 9.17) is 5.73 Å². The van der Waals surface area contributed by atoms with Crippen LogP contribution in [0, 0.1) is 11.8 Å². The maximum absolute atomic E-state index is 6.08. The highest BCUT2D eigenvalue weighted by atomic mass is 15.3. The number of hydrogen-bond acceptors (Lipinski definition) is 2. The maximum Gasteiger partial charge on any atom is 0.0309 e. The van der Waals surface area contributed by atoms with E-state index in [1.54, 1.807) is 0 Å². The van der Waals surface area contributed by atoms with Crippen molar-refractivity contribution in [3.8, 4) is 0 Å². The van der Waals surface area contributed by atoms with Crippen LogP contribution >= 0.6 is 0 Å². The standard InChI is InChI=1S/C14H28N2/c1-11(2)8-14(3,10-15)16(13-6-7-13)9-12-4-5-12/h11-13H,4-10,15H2,1-3H3. The monoisotopic (exact) mass is 224 g/mol. The van der Waals surface area contributed by atoms with E-state index >= 15 is 0 Å². The third-order valence-electron chi connectivity index (χ3n) is 4.12. The van der Waals surface area contributed by atoms with E-state index < -0.39 is 0 Å². The Labute approximate surface area is 101 Å². The number of rotatable bonds is 7. The molecule has 2 N–H and O–H groups in total. The van der Waals surface area contributed by atoms with E-state index in [1.807, 2.05) is 0 Å². The maximum atomic E-state index is 6.08. The fraction of sp³-hybridized carbons (Fsp3) is 1.00. The molecule has 0 saturated heterocycles. The molecule has 2 fully saturated rings. The average Bonchev–Trinajstić information content (AvgIpc) is 3.05. The zero-order valence-electron chi connectivity index (χ0n) is 11.2. The van der Waals surface area contributed by atoms with Crippen molar-refractivity contribution in [2.75, 3.05) is 13.1 Å². The predicted octanol–water partition coefficient (Wildman–Crippen LogP) is 2.62. The van der Waals surface area contributed by atoms with Crippen molar-refractivity contribution in [2.24, 2.45) is 17.6 Å². The SMILES string of the molecule is CC(C)CC(C)(CN)N(CC1CC1)C1CC1. The van der Waals surface area contributed by atoms with Gasteiger partial charge in [-0.1, -0.05) is 13.8 Å². The molecule has 2 heteroatoms. The van der Waals surface area contributed by atoms with Crippen molar-refractivity contribution >= 4 is 0 Å². The molecule has 2 aliphatic carbocycles. The first-order valence-corrected chi connectivity index (χ1v) is 7.02. The lowest BCUT2D eigenvalue weighted by Gasteiger charge is -2.42. The Morgan fingerprint density at radius 2 is 1.88 bits per heavy atom. The van der Waals surface area contributed by atoms with Crippen molar-refractivity contribution < 1.29 is 0 Å². The molecule has 2 rings (SSSR count). The fourth-order valence-corrected chi connectivity index (χ4v) is 2.97. The minimum absolute atomic E-state index is 0.248. The molecule has 2 nitrogen and oxygen atoms in total. The smallest absolute Gasteiger partial charge is 0.0309 e. The van der Waals surface area contributed by atoms with Gasteiger partial charge in [-0.05, 0) is 50.9 Å². The van der Waals surface area contributed by atoms with Crippen LogP contribution in [0.1, 0.15) is 52.9 Å². The minimum atomic E-state index is 0.248. The zero-order valence-corrected chi connectivity index (χ0v) is 11.2. The molecule has 0 aromatic carbocycles. The van der Waals surface area contributed by atoms with Crippen molar-refractivity contribution in [1.29, 1.82) is 0 Å². The summed E-state index contributed by atoms with van der Waals surface area (Å²) in [5.74, 6) is 1.73. The molecule has 0 bridgehead atoms. The first kappa shape index (κ1) is 12.4. The summed E-state index contributed by atoms with van der Waals surface area (Å²) in [6, 6.07) is 0.855. The Hall–Kier alpha value is -0.0800. The summed E-state index contributed by atoms with van der Waals surface area (Å²) >= 11 is 0. The van der Waals surface area contributed by atoms with Gasteiger partial charge in [0.05, 0.1) is 0 Å². The van der Waals surface area contributed by atoms with Crippen LogP contribution in [0.3, 0.4) is 0 Å². The Bertz CT molecular complexity index is 231. The first-order valence-electron chi connectivity index (χ1n) is 7.02. The number of nitrogens with two attached hydrogens (primary N) is 1. The van der Waals surface area contributed by atoms with Crippen LogP contribution in [-0.4, -0.2) is 29.6 Å². The van der Waals surface area contributed by atoms with Crippen LogP contribution in [0.2, 0.25) is 0 Å². The number of nitrogens with zero attached hydrogens (tertiary/aromatic N) is 1. The molecule has 1 unspecified atom stereocenters. The molecule has 0 aliphatic heterocycles. The van der Waals surface area contributed by atoms with E-state index in [-0.39, 0.29) is 5.54 Å². The van der Waals surface area contributed by atoms with Crippen molar-refractivity contribution in [2.45, 2.75) is 64.5 Å². The van der Waals surface area contributed by atoms with Crippen LogP contribution in [0.4, 0.5) is 0 Å². The van der Waals surface area contributed by atoms with Gasteiger partial charge in [-0.3, -0.25) is 4.90 Å². The second-order valence-electron chi connectivity index (χ2n) is 6.63. The summed E-state index contributed by atoms with van der Waals surface area (Å²) in [5, 5.41) is 0. The van der Waals surface area contributed by atoms with Crippen LogP contribution < -0.4 is 5.73 Å². The molecule has 0 aromatic rings. The summed E-state index contributed by atoms with van der Waals surface area (Å²) in [7, 11) is 0. The lowest BCUT2D eigenvalue weighted by molar-refractivity contribution is 0.0750. The van der Waals surface area contributed by atoms with Crippen molar-refractivity contribution in [1.82, 2.24) is 4.90 Å². The Balaban J connectivity index is 2.00. The van der Waals surface area contributed by atoms with Gasteiger partial charge in [-0.2, -0.15) is 0 Å². The van der Waals surface area contributed by atoms with Gasteiger partial charge in [-0.15, -0.1) is 0 Å². The second kappa shape index (κ2) is 4.66. The Morgan fingerprint density at radius 1 is 1.25 bits per heavy atom. The molecular weight excluding hydrogens is 196 g/mol. The van der Waals surface area contributed by atoms with E-state index in [0.717, 1.165) is 24.4 Å². The van der Waals surface area contributed by atoms with E-state index in [9.17, 15) is 0 Å². The van der Waals surface area contributed by atoms with Crippen LogP contribution in [0.25, 0.3) is 0 Å². The summed E-state index contributed by atoms with van der Waals surface area (Å²) in [6.07, 6.45) is 6.95. The lowest BCUT2D eigenvalue weighted by atomic mass is 9.88. The van der Waals surface area contributed by atoms with E-state index in [0.29, 0.717) is 0 Å². The molecule has 0 radical (unpaired) electrons. The highest BCUT2D eigenvalue weighted by molar-refractivity contribution is 4.99. The largest absolute Gasteiger partial charge is 0.329 e. The van der Waals surface area contributed by atoms with Crippen LogP contribution in [0.15, 0.2) is 0 Å². The third-order valence-corrected chi connectivity index (χ3v) is 4.12. The van der Waals surface area contributed by atoms with Gasteiger partial charge in [-0.25, -0.2) is 0 Å². The average molecular weight is 224 g/mol. The Kier molecular flexibility index (Phi) is 3.60. The van der Waals surface area contributed by atoms with Gasteiger partial charge < -0.3 is 5.73 Å². The van der Waals surface area contributed by atoms with Crippen molar-refractivity contribution in [3.05, 3.63) is 0 Å². The van der Waals surface area contributed by atoms with Gasteiger partial charge in [0, 0.05) is 24.7 Å².